The zero-order chi connectivity index (χ0) is 26.4. The van der Waals surface area contributed by atoms with E-state index in [1.807, 2.05) is 57.2 Å². The van der Waals surface area contributed by atoms with Crippen LogP contribution in [0.15, 0.2) is 57.9 Å². The van der Waals surface area contributed by atoms with Gasteiger partial charge in [-0.1, -0.05) is 26.0 Å². The van der Waals surface area contributed by atoms with Crippen LogP contribution in [0.3, 0.4) is 0 Å². The van der Waals surface area contributed by atoms with E-state index >= 15 is 0 Å². The van der Waals surface area contributed by atoms with Crippen molar-refractivity contribution in [2.24, 2.45) is 5.92 Å². The quantitative estimate of drug-likeness (QED) is 0.329. The van der Waals surface area contributed by atoms with Gasteiger partial charge in [-0.15, -0.1) is 0 Å². The normalized spacial score (nSPS) is 14.9. The Kier molecular flexibility index (Phi) is 6.23. The molecule has 1 unspecified atom stereocenters. The molecule has 0 aliphatic carbocycles. The first kappa shape index (κ1) is 24.6. The number of fused-ring (bicyclic) bond motifs is 2. The highest BCUT2D eigenvalue weighted by Crippen LogP contribution is 2.43. The SMILES string of the molecule is COc1cc(C2c3c(oc4cc(C)c(C)cc4c3=O)C(=O)N2c2ccc(C)cn2)ccc1OCC(C)C. The third kappa shape index (κ3) is 4.24. The lowest BCUT2D eigenvalue weighted by molar-refractivity contribution is 0.0970. The van der Waals surface area contributed by atoms with Crippen molar-refractivity contribution in [3.63, 3.8) is 0 Å². The van der Waals surface area contributed by atoms with Crippen molar-refractivity contribution in [3.8, 4) is 11.5 Å². The molecule has 7 heteroatoms. The molecule has 1 atom stereocenters. The molecule has 37 heavy (non-hydrogen) atoms. The fourth-order valence-electron chi connectivity index (χ4n) is 4.61. The predicted molar refractivity (Wildman–Crippen MR) is 143 cm³/mol. The van der Waals surface area contributed by atoms with E-state index in [1.165, 1.54) is 4.90 Å². The number of methoxy groups -OCH3 is 1. The minimum Gasteiger partial charge on any atom is -0.493 e. The molecule has 0 saturated heterocycles. The lowest BCUT2D eigenvalue weighted by Gasteiger charge is -2.25. The Balaban J connectivity index is 1.74. The van der Waals surface area contributed by atoms with Crippen LogP contribution in [0.2, 0.25) is 0 Å². The summed E-state index contributed by atoms with van der Waals surface area (Å²) in [5.74, 6) is 1.52. The number of aryl methyl sites for hydroxylation is 3. The summed E-state index contributed by atoms with van der Waals surface area (Å²) in [6, 6.07) is 12.0. The molecule has 4 aromatic rings. The number of amides is 1. The molecule has 190 valence electrons. The topological polar surface area (TPSA) is 81.9 Å². The number of pyridine rings is 1. The minimum atomic E-state index is -0.743. The highest BCUT2D eigenvalue weighted by atomic mass is 16.5. The first-order valence-electron chi connectivity index (χ1n) is 12.3. The fourth-order valence-corrected chi connectivity index (χ4v) is 4.61. The van der Waals surface area contributed by atoms with Crippen molar-refractivity contribution in [2.45, 2.75) is 40.7 Å². The Morgan fingerprint density at radius 3 is 2.43 bits per heavy atom. The summed E-state index contributed by atoms with van der Waals surface area (Å²) in [6.07, 6.45) is 1.70. The number of anilines is 1. The van der Waals surface area contributed by atoms with Gasteiger partial charge < -0.3 is 13.9 Å². The maximum absolute atomic E-state index is 13.9. The van der Waals surface area contributed by atoms with Crippen molar-refractivity contribution >= 4 is 22.7 Å². The fraction of sp³-hybridized carbons (Fsp3) is 0.300. The van der Waals surface area contributed by atoms with E-state index in [2.05, 4.69) is 18.8 Å². The highest BCUT2D eigenvalue weighted by molar-refractivity contribution is 6.10. The molecule has 2 aromatic carbocycles. The van der Waals surface area contributed by atoms with Crippen molar-refractivity contribution in [3.05, 3.63) is 92.5 Å². The van der Waals surface area contributed by atoms with Gasteiger partial charge >= 0.3 is 0 Å². The monoisotopic (exact) mass is 498 g/mol. The summed E-state index contributed by atoms with van der Waals surface area (Å²) in [5, 5.41) is 0.446. The molecular weight excluding hydrogens is 468 g/mol. The van der Waals surface area contributed by atoms with E-state index in [-0.39, 0.29) is 11.2 Å². The van der Waals surface area contributed by atoms with E-state index in [4.69, 9.17) is 13.9 Å². The van der Waals surface area contributed by atoms with Gasteiger partial charge in [0.2, 0.25) is 5.76 Å². The Morgan fingerprint density at radius 2 is 1.76 bits per heavy atom. The molecule has 0 bridgehead atoms. The Hall–Kier alpha value is -4.13. The van der Waals surface area contributed by atoms with Crippen LogP contribution in [0.1, 0.15) is 58.3 Å². The molecule has 1 aliphatic rings. The van der Waals surface area contributed by atoms with Gasteiger partial charge in [0.05, 0.1) is 30.7 Å². The average molecular weight is 499 g/mol. The summed E-state index contributed by atoms with van der Waals surface area (Å²) in [4.78, 5) is 33.8. The molecule has 0 spiro atoms. The van der Waals surface area contributed by atoms with Gasteiger partial charge in [0.15, 0.2) is 16.9 Å². The van der Waals surface area contributed by atoms with Gasteiger partial charge in [0.1, 0.15) is 11.4 Å². The highest BCUT2D eigenvalue weighted by Gasteiger charge is 2.44. The molecule has 0 fully saturated rings. The zero-order valence-electron chi connectivity index (χ0n) is 21.9. The van der Waals surface area contributed by atoms with Gasteiger partial charge in [-0.05, 0) is 79.3 Å². The van der Waals surface area contributed by atoms with Crippen LogP contribution < -0.4 is 19.8 Å². The van der Waals surface area contributed by atoms with Crippen molar-refractivity contribution < 1.29 is 18.7 Å². The summed E-state index contributed by atoms with van der Waals surface area (Å²) < 4.78 is 17.7. The summed E-state index contributed by atoms with van der Waals surface area (Å²) in [6.45, 7) is 10.5. The van der Waals surface area contributed by atoms with Crippen molar-refractivity contribution in [1.82, 2.24) is 4.98 Å². The standard InChI is InChI=1S/C30H30N2O5/c1-16(2)15-36-22-9-8-20(13-24(22)35-6)27-26-28(33)21-11-18(4)19(5)12-23(21)37-29(26)30(34)32(27)25-10-7-17(3)14-31-25/h7-14,16,27H,15H2,1-6H3. The number of rotatable bonds is 6. The van der Waals surface area contributed by atoms with E-state index in [1.54, 1.807) is 19.4 Å². The number of carbonyl (C=O) groups is 1. The van der Waals surface area contributed by atoms with Gasteiger partial charge in [-0.2, -0.15) is 0 Å². The summed E-state index contributed by atoms with van der Waals surface area (Å²) in [5.41, 5.74) is 4.07. The Labute approximate surface area is 215 Å². The number of hydrogen-bond donors (Lipinski definition) is 0. The Bertz CT molecular complexity index is 1570. The van der Waals surface area contributed by atoms with Gasteiger partial charge in [0.25, 0.3) is 5.91 Å². The number of aromatic nitrogens is 1. The lowest BCUT2D eigenvalue weighted by Crippen LogP contribution is -2.30. The second kappa shape index (κ2) is 9.39. The molecule has 5 rings (SSSR count). The number of hydrogen-bond acceptors (Lipinski definition) is 6. The average Bonchev–Trinajstić information content (AvgIpc) is 3.16. The lowest BCUT2D eigenvalue weighted by atomic mass is 9.97. The molecule has 1 aliphatic heterocycles. The number of benzene rings is 2. The summed E-state index contributed by atoms with van der Waals surface area (Å²) in [7, 11) is 1.57. The minimum absolute atomic E-state index is 0.0345. The van der Waals surface area contributed by atoms with Crippen molar-refractivity contribution in [2.75, 3.05) is 18.6 Å². The summed E-state index contributed by atoms with van der Waals surface area (Å²) >= 11 is 0. The van der Waals surface area contributed by atoms with E-state index in [9.17, 15) is 9.59 Å². The maximum atomic E-state index is 13.9. The molecule has 3 heterocycles. The molecule has 0 N–H and O–H groups in total. The molecule has 0 saturated carbocycles. The molecule has 2 aromatic heterocycles. The molecule has 0 radical (unpaired) electrons. The molecular formula is C30H30N2O5. The Morgan fingerprint density at radius 1 is 1.00 bits per heavy atom. The third-order valence-corrected chi connectivity index (χ3v) is 6.70. The smallest absolute Gasteiger partial charge is 0.296 e. The largest absolute Gasteiger partial charge is 0.493 e. The second-order valence-corrected chi connectivity index (χ2v) is 9.99. The number of carbonyl (C=O) groups excluding carboxylic acids is 1. The first-order valence-corrected chi connectivity index (χ1v) is 12.3. The van der Waals surface area contributed by atoms with Crippen LogP contribution in [0, 0.1) is 26.7 Å². The van der Waals surface area contributed by atoms with Gasteiger partial charge in [-0.3, -0.25) is 14.5 Å². The third-order valence-electron chi connectivity index (χ3n) is 6.70. The van der Waals surface area contributed by atoms with Crippen LogP contribution in [-0.2, 0) is 0 Å². The van der Waals surface area contributed by atoms with E-state index in [0.29, 0.717) is 51.9 Å². The van der Waals surface area contributed by atoms with E-state index < -0.39 is 11.9 Å². The van der Waals surface area contributed by atoms with Crippen LogP contribution in [0.25, 0.3) is 11.0 Å². The number of nitrogens with zero attached hydrogens (tertiary/aromatic N) is 2. The van der Waals surface area contributed by atoms with Crippen LogP contribution in [0.5, 0.6) is 11.5 Å². The molecule has 7 nitrogen and oxygen atoms in total. The van der Waals surface area contributed by atoms with Crippen LogP contribution >= 0.6 is 0 Å². The van der Waals surface area contributed by atoms with Crippen LogP contribution in [0.4, 0.5) is 5.82 Å². The molecule has 1 amide bonds. The van der Waals surface area contributed by atoms with E-state index in [0.717, 1.165) is 16.7 Å². The van der Waals surface area contributed by atoms with Crippen molar-refractivity contribution in [1.29, 1.82) is 0 Å². The maximum Gasteiger partial charge on any atom is 0.296 e. The number of ether oxygens (including phenoxy) is 2. The van der Waals surface area contributed by atoms with Gasteiger partial charge in [-0.25, -0.2) is 4.98 Å². The predicted octanol–water partition coefficient (Wildman–Crippen LogP) is 5.91. The first-order chi connectivity index (χ1) is 17.7. The zero-order valence-corrected chi connectivity index (χ0v) is 21.9. The van der Waals surface area contributed by atoms with Gasteiger partial charge in [0, 0.05) is 6.20 Å². The van der Waals surface area contributed by atoms with Crippen LogP contribution in [-0.4, -0.2) is 24.6 Å². The second-order valence-electron chi connectivity index (χ2n) is 9.99.